The fourth-order valence-corrected chi connectivity index (χ4v) is 1.77. The first-order chi connectivity index (χ1) is 5.72. The molecule has 2 rings (SSSR count). The summed E-state index contributed by atoms with van der Waals surface area (Å²) in [4.78, 5) is 2.33. The summed E-state index contributed by atoms with van der Waals surface area (Å²) >= 11 is 0. The summed E-state index contributed by atoms with van der Waals surface area (Å²) in [5.41, 5.74) is -0.102. The number of nitriles is 1. The van der Waals surface area contributed by atoms with E-state index in [0.717, 1.165) is 32.7 Å². The highest BCUT2D eigenvalue weighted by Gasteiger charge is 2.36. The zero-order valence-electron chi connectivity index (χ0n) is 7.42. The maximum Gasteiger partial charge on any atom is 0.0936 e. The maximum atomic E-state index is 8.88. The van der Waals surface area contributed by atoms with Crippen LogP contribution in [0.1, 0.15) is 13.3 Å². The lowest BCUT2D eigenvalue weighted by Gasteiger charge is -2.16. The third-order valence-corrected chi connectivity index (χ3v) is 2.69. The van der Waals surface area contributed by atoms with E-state index in [1.807, 2.05) is 6.92 Å². The Bertz CT molecular complexity index is 219. The molecular weight excluding hydrogens is 152 g/mol. The number of epoxide rings is 1. The number of hydrogen-bond acceptors (Lipinski definition) is 3. The van der Waals surface area contributed by atoms with E-state index in [2.05, 4.69) is 11.0 Å². The quantitative estimate of drug-likeness (QED) is 0.564. The van der Waals surface area contributed by atoms with Gasteiger partial charge >= 0.3 is 0 Å². The number of ether oxygens (including phenoxy) is 1. The van der Waals surface area contributed by atoms with E-state index in [0.29, 0.717) is 6.10 Å². The van der Waals surface area contributed by atoms with Gasteiger partial charge in [0.2, 0.25) is 0 Å². The van der Waals surface area contributed by atoms with E-state index in [1.54, 1.807) is 0 Å². The second-order valence-electron chi connectivity index (χ2n) is 4.11. The minimum absolute atomic E-state index is 0.102. The molecule has 0 bridgehead atoms. The molecule has 0 aromatic heterocycles. The summed E-state index contributed by atoms with van der Waals surface area (Å²) in [6.07, 6.45) is 1.47. The van der Waals surface area contributed by atoms with Gasteiger partial charge in [-0.3, -0.25) is 4.90 Å². The van der Waals surface area contributed by atoms with Crippen LogP contribution in [-0.2, 0) is 4.74 Å². The Morgan fingerprint density at radius 2 is 2.50 bits per heavy atom. The molecule has 2 atom stereocenters. The molecule has 3 nitrogen and oxygen atoms in total. The predicted molar refractivity (Wildman–Crippen MR) is 44.5 cm³/mol. The molecule has 0 radical (unpaired) electrons. The maximum absolute atomic E-state index is 8.88. The topological polar surface area (TPSA) is 39.6 Å². The molecule has 0 aromatic rings. The van der Waals surface area contributed by atoms with Gasteiger partial charge in [-0.25, -0.2) is 0 Å². The standard InChI is InChI=1S/C9H14N2O/c1-9(6-10)2-3-11(7-9)4-8-5-12-8/h8H,2-5,7H2,1H3. The summed E-state index contributed by atoms with van der Waals surface area (Å²) in [5.74, 6) is 0. The largest absolute Gasteiger partial charge is 0.372 e. The van der Waals surface area contributed by atoms with E-state index in [9.17, 15) is 0 Å². The van der Waals surface area contributed by atoms with Gasteiger partial charge in [0.1, 0.15) is 0 Å². The van der Waals surface area contributed by atoms with Crippen molar-refractivity contribution in [1.29, 1.82) is 5.26 Å². The minimum Gasteiger partial charge on any atom is -0.372 e. The molecule has 2 fully saturated rings. The normalized spacial score (nSPS) is 41.2. The molecule has 3 heteroatoms. The highest BCUT2D eigenvalue weighted by molar-refractivity contribution is 5.02. The minimum atomic E-state index is -0.102. The van der Waals surface area contributed by atoms with Crippen molar-refractivity contribution in [3.63, 3.8) is 0 Å². The average molecular weight is 166 g/mol. The van der Waals surface area contributed by atoms with Gasteiger partial charge in [-0.2, -0.15) is 5.26 Å². The molecular formula is C9H14N2O. The molecule has 0 N–H and O–H groups in total. The Kier molecular flexibility index (Phi) is 1.82. The van der Waals surface area contributed by atoms with Gasteiger partial charge in [-0.15, -0.1) is 0 Å². The van der Waals surface area contributed by atoms with Crippen molar-refractivity contribution >= 4 is 0 Å². The molecule has 0 amide bonds. The van der Waals surface area contributed by atoms with E-state index in [-0.39, 0.29) is 5.41 Å². The number of nitrogens with zero attached hydrogens (tertiary/aromatic N) is 2. The first-order valence-corrected chi connectivity index (χ1v) is 4.47. The van der Waals surface area contributed by atoms with Crippen LogP contribution in [0.4, 0.5) is 0 Å². The number of likely N-dealkylation sites (tertiary alicyclic amines) is 1. The van der Waals surface area contributed by atoms with Crippen LogP contribution in [0.25, 0.3) is 0 Å². The van der Waals surface area contributed by atoms with Gasteiger partial charge in [0, 0.05) is 13.1 Å². The van der Waals surface area contributed by atoms with Crippen molar-refractivity contribution in [2.45, 2.75) is 19.4 Å². The molecule has 2 aliphatic rings. The molecule has 12 heavy (non-hydrogen) atoms. The van der Waals surface area contributed by atoms with Crippen molar-refractivity contribution in [3.05, 3.63) is 0 Å². The molecule has 2 unspecified atom stereocenters. The molecule has 2 heterocycles. The third kappa shape index (κ3) is 1.60. The molecule has 66 valence electrons. The molecule has 0 aliphatic carbocycles. The van der Waals surface area contributed by atoms with Gasteiger partial charge in [-0.1, -0.05) is 0 Å². The van der Waals surface area contributed by atoms with Crippen LogP contribution in [-0.4, -0.2) is 37.2 Å². The van der Waals surface area contributed by atoms with Crippen LogP contribution in [0.15, 0.2) is 0 Å². The summed E-state index contributed by atoms with van der Waals surface area (Å²) < 4.78 is 5.15. The number of rotatable bonds is 2. The predicted octanol–water partition coefficient (Wildman–Crippen LogP) is 0.621. The van der Waals surface area contributed by atoms with Crippen LogP contribution < -0.4 is 0 Å². The average Bonchev–Trinajstić information content (AvgIpc) is 2.77. The van der Waals surface area contributed by atoms with Gasteiger partial charge in [-0.05, 0) is 19.9 Å². The number of hydrogen-bond donors (Lipinski definition) is 0. The van der Waals surface area contributed by atoms with E-state index in [1.165, 1.54) is 0 Å². The molecule has 0 aromatic carbocycles. The lowest BCUT2D eigenvalue weighted by Crippen LogP contribution is -2.27. The van der Waals surface area contributed by atoms with Crippen LogP contribution >= 0.6 is 0 Å². The van der Waals surface area contributed by atoms with Crippen LogP contribution in [0.2, 0.25) is 0 Å². The summed E-state index contributed by atoms with van der Waals surface area (Å²) in [6, 6.07) is 2.38. The van der Waals surface area contributed by atoms with Crippen LogP contribution in [0, 0.1) is 16.7 Å². The van der Waals surface area contributed by atoms with E-state index >= 15 is 0 Å². The second kappa shape index (κ2) is 2.72. The second-order valence-corrected chi connectivity index (χ2v) is 4.11. The van der Waals surface area contributed by atoms with E-state index in [4.69, 9.17) is 10.00 Å². The van der Waals surface area contributed by atoms with Gasteiger partial charge in [0.05, 0.1) is 24.2 Å². The fourth-order valence-electron chi connectivity index (χ4n) is 1.77. The lowest BCUT2D eigenvalue weighted by atomic mass is 9.92. The SMILES string of the molecule is CC1(C#N)CCN(CC2CO2)C1. The summed E-state index contributed by atoms with van der Waals surface area (Å²) in [5, 5.41) is 8.88. The van der Waals surface area contributed by atoms with Gasteiger partial charge < -0.3 is 4.74 Å². The summed E-state index contributed by atoms with van der Waals surface area (Å²) in [6.45, 7) is 5.96. The Morgan fingerprint density at radius 3 is 3.00 bits per heavy atom. The Morgan fingerprint density at radius 1 is 1.75 bits per heavy atom. The van der Waals surface area contributed by atoms with Crippen molar-refractivity contribution in [2.24, 2.45) is 5.41 Å². The van der Waals surface area contributed by atoms with Crippen LogP contribution in [0.3, 0.4) is 0 Å². The molecule has 0 spiro atoms. The first-order valence-electron chi connectivity index (χ1n) is 4.47. The molecule has 2 aliphatic heterocycles. The van der Waals surface area contributed by atoms with Crippen molar-refractivity contribution in [1.82, 2.24) is 4.90 Å². The fraction of sp³-hybridized carbons (Fsp3) is 0.889. The summed E-state index contributed by atoms with van der Waals surface area (Å²) in [7, 11) is 0. The highest BCUT2D eigenvalue weighted by Crippen LogP contribution is 2.29. The van der Waals surface area contributed by atoms with Crippen molar-refractivity contribution in [3.8, 4) is 6.07 Å². The monoisotopic (exact) mass is 166 g/mol. The van der Waals surface area contributed by atoms with Crippen molar-refractivity contribution < 1.29 is 4.74 Å². The van der Waals surface area contributed by atoms with Crippen molar-refractivity contribution in [2.75, 3.05) is 26.2 Å². The van der Waals surface area contributed by atoms with Gasteiger partial charge in [0.15, 0.2) is 0 Å². The Labute approximate surface area is 72.9 Å². The molecule has 2 saturated heterocycles. The zero-order valence-corrected chi connectivity index (χ0v) is 7.42. The first kappa shape index (κ1) is 8.03. The zero-order chi connectivity index (χ0) is 8.60. The van der Waals surface area contributed by atoms with Gasteiger partial charge in [0.25, 0.3) is 0 Å². The lowest BCUT2D eigenvalue weighted by molar-refractivity contribution is 0.270. The van der Waals surface area contributed by atoms with Crippen LogP contribution in [0.5, 0.6) is 0 Å². The van der Waals surface area contributed by atoms with E-state index < -0.39 is 0 Å². The smallest absolute Gasteiger partial charge is 0.0936 e. The Balaban J connectivity index is 1.85. The highest BCUT2D eigenvalue weighted by atomic mass is 16.6. The molecule has 0 saturated carbocycles. The Hall–Kier alpha value is -0.590. The third-order valence-electron chi connectivity index (χ3n) is 2.69.